The van der Waals surface area contributed by atoms with Crippen molar-refractivity contribution in [2.24, 2.45) is 0 Å². The van der Waals surface area contributed by atoms with Crippen molar-refractivity contribution in [2.75, 3.05) is 31.1 Å². The summed E-state index contributed by atoms with van der Waals surface area (Å²) >= 11 is 0. The van der Waals surface area contributed by atoms with E-state index in [0.29, 0.717) is 44.3 Å². The topological polar surface area (TPSA) is 109 Å². The Bertz CT molecular complexity index is 915. The van der Waals surface area contributed by atoms with Crippen LogP contribution in [0.3, 0.4) is 0 Å². The number of nitrogens with zero attached hydrogens (tertiary/aromatic N) is 5. The number of aryl methyl sites for hydroxylation is 1. The smallest absolute Gasteiger partial charge is 0.341 e. The molecule has 26 heavy (non-hydrogen) atoms. The van der Waals surface area contributed by atoms with E-state index in [1.807, 2.05) is 11.8 Å². The minimum Gasteiger partial charge on any atom is -0.477 e. The number of carbonyl (C=O) groups excluding carboxylic acids is 1. The molecule has 1 aliphatic rings. The van der Waals surface area contributed by atoms with Crippen LogP contribution in [0.1, 0.15) is 30.6 Å². The van der Waals surface area contributed by atoms with Crippen molar-refractivity contribution in [3.63, 3.8) is 0 Å². The fourth-order valence-electron chi connectivity index (χ4n) is 3.10. The number of fused-ring (bicyclic) bond motifs is 1. The number of carboxylic acid groups (broad SMARTS) is 1. The van der Waals surface area contributed by atoms with Crippen molar-refractivity contribution < 1.29 is 14.7 Å². The summed E-state index contributed by atoms with van der Waals surface area (Å²) in [5.41, 5.74) is -0.425. The molecule has 0 unspecified atom stereocenters. The largest absolute Gasteiger partial charge is 0.477 e. The Morgan fingerprint density at radius 1 is 1.23 bits per heavy atom. The average molecular weight is 359 g/mol. The zero-order chi connectivity index (χ0) is 18.8. The van der Waals surface area contributed by atoms with Crippen molar-refractivity contribution in [1.82, 2.24) is 19.4 Å². The van der Waals surface area contributed by atoms with Gasteiger partial charge in [-0.2, -0.15) is 4.98 Å². The molecule has 138 valence electrons. The number of carboxylic acids is 1. The number of hydrogen-bond donors (Lipinski definition) is 1. The standard InChI is InChI=1S/C17H21N5O4/c1-3-4-22-10-13(16(25)26)14(24)12-9-18-17(19-15(12)22)21-7-5-20(6-8-21)11(2)23/h9-10H,3-8H2,1-2H3,(H,25,26). The first-order chi connectivity index (χ1) is 12.4. The Labute approximate surface area is 149 Å². The second-order valence-electron chi connectivity index (χ2n) is 6.27. The van der Waals surface area contributed by atoms with Crippen molar-refractivity contribution in [3.8, 4) is 0 Å². The van der Waals surface area contributed by atoms with Gasteiger partial charge in [0.2, 0.25) is 17.3 Å². The maximum atomic E-state index is 12.4. The number of amides is 1. The first-order valence-corrected chi connectivity index (χ1v) is 8.56. The summed E-state index contributed by atoms with van der Waals surface area (Å²) in [5.74, 6) is -0.735. The summed E-state index contributed by atoms with van der Waals surface area (Å²) < 4.78 is 1.69. The predicted octanol–water partition coefficient (Wildman–Crippen LogP) is 0.568. The highest BCUT2D eigenvalue weighted by Gasteiger charge is 2.22. The van der Waals surface area contributed by atoms with Gasteiger partial charge >= 0.3 is 5.97 Å². The van der Waals surface area contributed by atoms with E-state index < -0.39 is 11.4 Å². The molecule has 1 aliphatic heterocycles. The quantitative estimate of drug-likeness (QED) is 0.850. The Hall–Kier alpha value is -2.97. The van der Waals surface area contributed by atoms with Crippen LogP contribution in [0.15, 0.2) is 17.2 Å². The fraction of sp³-hybridized carbons (Fsp3) is 0.471. The third kappa shape index (κ3) is 3.24. The Kier molecular flexibility index (Phi) is 4.88. The molecule has 3 rings (SSSR count). The molecule has 0 radical (unpaired) electrons. The van der Waals surface area contributed by atoms with Crippen LogP contribution in [-0.2, 0) is 11.3 Å². The van der Waals surface area contributed by atoms with Gasteiger partial charge in [0.1, 0.15) is 11.2 Å². The number of rotatable bonds is 4. The van der Waals surface area contributed by atoms with Crippen molar-refractivity contribution in [2.45, 2.75) is 26.8 Å². The van der Waals surface area contributed by atoms with Gasteiger partial charge in [-0.25, -0.2) is 9.78 Å². The van der Waals surface area contributed by atoms with Gasteiger partial charge in [-0.15, -0.1) is 0 Å². The molecule has 2 aromatic rings. The zero-order valence-corrected chi connectivity index (χ0v) is 14.8. The molecule has 9 nitrogen and oxygen atoms in total. The van der Waals surface area contributed by atoms with Crippen molar-refractivity contribution in [3.05, 3.63) is 28.2 Å². The van der Waals surface area contributed by atoms with Crippen LogP contribution in [0.25, 0.3) is 11.0 Å². The summed E-state index contributed by atoms with van der Waals surface area (Å²) in [5, 5.41) is 9.45. The molecule has 0 saturated carbocycles. The summed E-state index contributed by atoms with van der Waals surface area (Å²) in [6, 6.07) is 0. The van der Waals surface area contributed by atoms with Gasteiger partial charge in [-0.1, -0.05) is 6.92 Å². The Morgan fingerprint density at radius 2 is 1.92 bits per heavy atom. The first kappa shape index (κ1) is 17.8. The van der Waals surface area contributed by atoms with E-state index in [1.165, 1.54) is 12.4 Å². The fourth-order valence-corrected chi connectivity index (χ4v) is 3.10. The second-order valence-corrected chi connectivity index (χ2v) is 6.27. The van der Waals surface area contributed by atoms with Gasteiger partial charge in [-0.3, -0.25) is 9.59 Å². The highest BCUT2D eigenvalue weighted by Crippen LogP contribution is 2.16. The van der Waals surface area contributed by atoms with E-state index in [-0.39, 0.29) is 16.9 Å². The summed E-state index contributed by atoms with van der Waals surface area (Å²) in [6.07, 6.45) is 3.52. The third-order valence-corrected chi connectivity index (χ3v) is 4.50. The molecule has 0 aliphatic carbocycles. The van der Waals surface area contributed by atoms with E-state index >= 15 is 0 Å². The number of hydrogen-bond acceptors (Lipinski definition) is 6. The number of carbonyl (C=O) groups is 2. The van der Waals surface area contributed by atoms with Crippen LogP contribution in [0.4, 0.5) is 5.95 Å². The molecule has 3 heterocycles. The van der Waals surface area contributed by atoms with Crippen LogP contribution in [-0.4, -0.2) is 62.6 Å². The average Bonchev–Trinajstić information content (AvgIpc) is 2.63. The van der Waals surface area contributed by atoms with Crippen LogP contribution in [0, 0.1) is 0 Å². The molecular formula is C17H21N5O4. The summed E-state index contributed by atoms with van der Waals surface area (Å²) in [7, 11) is 0. The summed E-state index contributed by atoms with van der Waals surface area (Å²) in [6.45, 7) is 6.46. The second kappa shape index (κ2) is 7.11. The van der Waals surface area contributed by atoms with Crippen molar-refractivity contribution in [1.29, 1.82) is 0 Å². The molecule has 0 bridgehead atoms. The lowest BCUT2D eigenvalue weighted by Gasteiger charge is -2.34. The molecule has 1 fully saturated rings. The van der Waals surface area contributed by atoms with Gasteiger partial charge in [0.15, 0.2) is 0 Å². The Morgan fingerprint density at radius 3 is 2.50 bits per heavy atom. The molecule has 1 saturated heterocycles. The maximum Gasteiger partial charge on any atom is 0.341 e. The molecule has 0 atom stereocenters. The van der Waals surface area contributed by atoms with Gasteiger partial charge in [-0.05, 0) is 6.42 Å². The van der Waals surface area contributed by atoms with Gasteiger partial charge in [0.25, 0.3) is 0 Å². The van der Waals surface area contributed by atoms with Crippen LogP contribution in [0.2, 0.25) is 0 Å². The van der Waals surface area contributed by atoms with Crippen molar-refractivity contribution >= 4 is 28.9 Å². The number of piperazine rings is 1. The molecule has 1 amide bonds. The third-order valence-electron chi connectivity index (χ3n) is 4.50. The number of anilines is 1. The van der Waals surface area contributed by atoms with Gasteiger partial charge in [0.05, 0.1) is 5.39 Å². The van der Waals surface area contributed by atoms with Gasteiger partial charge in [0, 0.05) is 52.0 Å². The predicted molar refractivity (Wildman–Crippen MR) is 95.5 cm³/mol. The van der Waals surface area contributed by atoms with E-state index in [9.17, 15) is 19.5 Å². The monoisotopic (exact) mass is 359 g/mol. The van der Waals surface area contributed by atoms with Crippen LogP contribution < -0.4 is 10.3 Å². The molecule has 0 spiro atoms. The minimum atomic E-state index is -1.26. The first-order valence-electron chi connectivity index (χ1n) is 8.56. The number of aromatic carboxylic acids is 1. The molecule has 2 aromatic heterocycles. The number of aromatic nitrogens is 3. The highest BCUT2D eigenvalue weighted by molar-refractivity contribution is 5.91. The molecule has 1 N–H and O–H groups in total. The lowest BCUT2D eigenvalue weighted by Crippen LogP contribution is -2.48. The Balaban J connectivity index is 2.01. The normalized spacial score (nSPS) is 14.7. The van der Waals surface area contributed by atoms with Crippen LogP contribution in [0.5, 0.6) is 0 Å². The highest BCUT2D eigenvalue weighted by atomic mass is 16.4. The minimum absolute atomic E-state index is 0.0436. The lowest BCUT2D eigenvalue weighted by atomic mass is 10.2. The van der Waals surface area contributed by atoms with Gasteiger partial charge < -0.3 is 19.5 Å². The van der Waals surface area contributed by atoms with Crippen LogP contribution >= 0.6 is 0 Å². The SMILES string of the molecule is CCCn1cc(C(=O)O)c(=O)c2cnc(N3CCN(C(C)=O)CC3)nc21. The molecule has 0 aromatic carbocycles. The van der Waals surface area contributed by atoms with E-state index in [0.717, 1.165) is 6.42 Å². The maximum absolute atomic E-state index is 12.4. The van der Waals surface area contributed by atoms with E-state index in [4.69, 9.17) is 0 Å². The van der Waals surface area contributed by atoms with E-state index in [2.05, 4.69) is 9.97 Å². The van der Waals surface area contributed by atoms with E-state index in [1.54, 1.807) is 16.4 Å². The zero-order valence-electron chi connectivity index (χ0n) is 14.8. The molecule has 9 heteroatoms. The lowest BCUT2D eigenvalue weighted by molar-refractivity contribution is -0.129. The molecular weight excluding hydrogens is 338 g/mol. The summed E-state index contributed by atoms with van der Waals surface area (Å²) in [4.78, 5) is 47.7. The number of pyridine rings is 1.